The molecule has 0 aliphatic carbocycles. The van der Waals surface area contributed by atoms with E-state index in [-0.39, 0.29) is 5.78 Å². The number of ketones is 1. The van der Waals surface area contributed by atoms with E-state index in [1.807, 2.05) is 13.8 Å². The monoisotopic (exact) mass is 215 g/mol. The maximum atomic E-state index is 10.4. The zero-order valence-electron chi connectivity index (χ0n) is 11.4. The summed E-state index contributed by atoms with van der Waals surface area (Å²) < 4.78 is 0. The van der Waals surface area contributed by atoms with Gasteiger partial charge in [-0.05, 0) is 26.7 Å². The fourth-order valence-corrected chi connectivity index (χ4v) is 0.602. The van der Waals surface area contributed by atoms with Crippen molar-refractivity contribution in [1.29, 1.82) is 5.41 Å². The average molecular weight is 215 g/mol. The van der Waals surface area contributed by atoms with Crippen molar-refractivity contribution in [3.8, 4) is 0 Å². The second-order valence-electron chi connectivity index (χ2n) is 3.34. The lowest BCUT2D eigenvalue weighted by atomic mass is 10.1. The Hall–Kier alpha value is -0.660. The number of hydrogen-bond donors (Lipinski definition) is 1. The number of hydrogen-bond acceptors (Lipinski definition) is 2. The Morgan fingerprint density at radius 2 is 1.40 bits per heavy atom. The highest BCUT2D eigenvalue weighted by Gasteiger charge is 1.93. The number of Topliss-reactive ketones (excluding diaryl/α,β-unsaturated/α-hetero) is 1. The zero-order valence-corrected chi connectivity index (χ0v) is 11.4. The summed E-state index contributed by atoms with van der Waals surface area (Å²) in [5.74, 6) is 0.219. The minimum absolute atomic E-state index is 0.219. The lowest BCUT2D eigenvalue weighted by Gasteiger charge is -1.93. The molecule has 15 heavy (non-hydrogen) atoms. The lowest BCUT2D eigenvalue weighted by molar-refractivity contribution is -0.117. The Labute approximate surface area is 96.0 Å². The quantitative estimate of drug-likeness (QED) is 0.668. The first kappa shape index (κ1) is 19.8. The van der Waals surface area contributed by atoms with Gasteiger partial charge in [0.1, 0.15) is 5.78 Å². The molecule has 1 N–H and O–H groups in total. The summed E-state index contributed by atoms with van der Waals surface area (Å²) in [7, 11) is 0. The van der Waals surface area contributed by atoms with E-state index in [0.717, 1.165) is 12.8 Å². The van der Waals surface area contributed by atoms with Gasteiger partial charge >= 0.3 is 0 Å². The summed E-state index contributed by atoms with van der Waals surface area (Å²) in [6.07, 6.45) is 4.86. The van der Waals surface area contributed by atoms with Crippen LogP contribution in [0, 0.1) is 5.41 Å². The molecule has 0 atom stereocenters. The van der Waals surface area contributed by atoms with E-state index in [4.69, 9.17) is 5.41 Å². The van der Waals surface area contributed by atoms with Crippen molar-refractivity contribution in [2.45, 2.75) is 73.6 Å². The Morgan fingerprint density at radius 1 is 1.00 bits per heavy atom. The number of nitrogens with one attached hydrogen (secondary N) is 1. The fraction of sp³-hybridized carbons (Fsp3) is 0.846. The molecule has 0 rings (SSSR count). The highest BCUT2D eigenvalue weighted by molar-refractivity contribution is 5.80. The van der Waals surface area contributed by atoms with Gasteiger partial charge in [-0.25, -0.2) is 0 Å². The molecular formula is C13H29NO. The molecular weight excluding hydrogens is 186 g/mol. The van der Waals surface area contributed by atoms with Gasteiger partial charge in [0.25, 0.3) is 0 Å². The SMILES string of the molecule is CC.CC(=N)CCCC(C)=O.CCCC. The van der Waals surface area contributed by atoms with Crippen LogP contribution in [0.1, 0.15) is 73.6 Å². The van der Waals surface area contributed by atoms with Crippen LogP contribution < -0.4 is 0 Å². The lowest BCUT2D eigenvalue weighted by Crippen LogP contribution is -1.93. The van der Waals surface area contributed by atoms with E-state index in [2.05, 4.69) is 13.8 Å². The predicted molar refractivity (Wildman–Crippen MR) is 69.9 cm³/mol. The zero-order chi connectivity index (χ0) is 12.7. The van der Waals surface area contributed by atoms with Crippen molar-refractivity contribution >= 4 is 11.5 Å². The van der Waals surface area contributed by atoms with Crippen molar-refractivity contribution in [2.24, 2.45) is 0 Å². The van der Waals surface area contributed by atoms with Gasteiger partial charge in [0, 0.05) is 12.1 Å². The molecule has 0 spiro atoms. The summed E-state index contributed by atoms with van der Waals surface area (Å²) >= 11 is 0. The molecule has 0 aliphatic rings. The number of unbranched alkanes of at least 4 members (excludes halogenated alkanes) is 1. The molecule has 0 aromatic heterocycles. The maximum Gasteiger partial charge on any atom is 0.129 e. The largest absolute Gasteiger partial charge is 0.310 e. The van der Waals surface area contributed by atoms with Crippen LogP contribution in [-0.2, 0) is 4.79 Å². The van der Waals surface area contributed by atoms with Crippen molar-refractivity contribution in [2.75, 3.05) is 0 Å². The van der Waals surface area contributed by atoms with Crippen LogP contribution in [0.5, 0.6) is 0 Å². The first-order valence-corrected chi connectivity index (χ1v) is 6.08. The molecule has 0 heterocycles. The van der Waals surface area contributed by atoms with Gasteiger partial charge in [0.15, 0.2) is 0 Å². The normalized spacial score (nSPS) is 7.87. The van der Waals surface area contributed by atoms with Crippen LogP contribution in [0.2, 0.25) is 0 Å². The molecule has 0 aromatic carbocycles. The molecule has 0 fully saturated rings. The fourth-order valence-electron chi connectivity index (χ4n) is 0.602. The van der Waals surface area contributed by atoms with E-state index in [1.165, 1.54) is 12.8 Å². The third-order valence-corrected chi connectivity index (χ3v) is 1.58. The smallest absolute Gasteiger partial charge is 0.129 e. The van der Waals surface area contributed by atoms with Gasteiger partial charge in [0.2, 0.25) is 0 Å². The average Bonchev–Trinajstić information content (AvgIpc) is 2.20. The summed E-state index contributed by atoms with van der Waals surface area (Å²) in [6, 6.07) is 0. The molecule has 2 heteroatoms. The number of rotatable bonds is 5. The third kappa shape index (κ3) is 42.7. The molecule has 0 radical (unpaired) electrons. The Kier molecular flexibility index (Phi) is 25.1. The summed E-state index contributed by atoms with van der Waals surface area (Å²) in [4.78, 5) is 10.4. The van der Waals surface area contributed by atoms with E-state index in [0.29, 0.717) is 12.1 Å². The molecule has 92 valence electrons. The Bertz CT molecular complexity index is 125. The molecule has 0 amide bonds. The van der Waals surface area contributed by atoms with Crippen LogP contribution in [0.3, 0.4) is 0 Å². The standard InChI is InChI=1S/C7H13NO.C4H10.C2H6/c1-6(8)4-3-5-7(2)9;1-3-4-2;1-2/h8H,3-5H2,1-2H3;3-4H2,1-2H3;1-2H3. The van der Waals surface area contributed by atoms with Gasteiger partial charge in [-0.15, -0.1) is 0 Å². The van der Waals surface area contributed by atoms with Crippen molar-refractivity contribution in [1.82, 2.24) is 0 Å². The highest BCUT2D eigenvalue weighted by Crippen LogP contribution is 1.96. The molecule has 0 bridgehead atoms. The van der Waals surface area contributed by atoms with E-state index in [1.54, 1.807) is 13.8 Å². The van der Waals surface area contributed by atoms with Crippen LogP contribution in [-0.4, -0.2) is 11.5 Å². The minimum atomic E-state index is 0.219. The first-order chi connectivity index (χ1) is 7.04. The van der Waals surface area contributed by atoms with Crippen molar-refractivity contribution < 1.29 is 4.79 Å². The topological polar surface area (TPSA) is 40.9 Å². The van der Waals surface area contributed by atoms with Gasteiger partial charge in [-0.3, -0.25) is 0 Å². The van der Waals surface area contributed by atoms with Crippen molar-refractivity contribution in [3.05, 3.63) is 0 Å². The predicted octanol–water partition coefficient (Wildman–Crippen LogP) is 4.62. The first-order valence-electron chi connectivity index (χ1n) is 6.08. The van der Waals surface area contributed by atoms with E-state index >= 15 is 0 Å². The van der Waals surface area contributed by atoms with Crippen molar-refractivity contribution in [3.63, 3.8) is 0 Å². The molecule has 0 unspecified atom stereocenters. The number of carbonyl (C=O) groups excluding carboxylic acids is 1. The van der Waals surface area contributed by atoms with Gasteiger partial charge in [-0.2, -0.15) is 0 Å². The van der Waals surface area contributed by atoms with Crippen LogP contribution in [0.4, 0.5) is 0 Å². The molecule has 0 aromatic rings. The summed E-state index contributed by atoms with van der Waals surface area (Å²) in [5.41, 5.74) is 0.663. The molecule has 0 saturated heterocycles. The summed E-state index contributed by atoms with van der Waals surface area (Å²) in [6.45, 7) is 11.7. The highest BCUT2D eigenvalue weighted by atomic mass is 16.1. The van der Waals surface area contributed by atoms with Gasteiger partial charge < -0.3 is 10.2 Å². The summed E-state index contributed by atoms with van der Waals surface area (Å²) in [5, 5.41) is 7.03. The molecule has 0 aliphatic heterocycles. The van der Waals surface area contributed by atoms with Crippen LogP contribution in [0.25, 0.3) is 0 Å². The van der Waals surface area contributed by atoms with Gasteiger partial charge in [0.05, 0.1) is 0 Å². The maximum absolute atomic E-state index is 10.4. The van der Waals surface area contributed by atoms with Gasteiger partial charge in [-0.1, -0.05) is 40.5 Å². The number of carbonyl (C=O) groups is 1. The van der Waals surface area contributed by atoms with E-state index in [9.17, 15) is 4.79 Å². The molecule has 2 nitrogen and oxygen atoms in total. The van der Waals surface area contributed by atoms with Crippen LogP contribution >= 0.6 is 0 Å². The second-order valence-corrected chi connectivity index (χ2v) is 3.34. The second kappa shape index (κ2) is 19.0. The Morgan fingerprint density at radius 3 is 1.60 bits per heavy atom. The molecule has 0 saturated carbocycles. The van der Waals surface area contributed by atoms with E-state index < -0.39 is 0 Å². The van der Waals surface area contributed by atoms with Crippen LogP contribution in [0.15, 0.2) is 0 Å². The minimum Gasteiger partial charge on any atom is -0.310 e. The third-order valence-electron chi connectivity index (χ3n) is 1.58. The Balaban J connectivity index is -0.000000202.